The van der Waals surface area contributed by atoms with E-state index in [-0.39, 0.29) is 0 Å². The second kappa shape index (κ2) is 4.49. The first-order valence-corrected chi connectivity index (χ1v) is 4.86. The highest BCUT2D eigenvalue weighted by Gasteiger charge is 2.05. The van der Waals surface area contributed by atoms with Crippen LogP contribution in [0.25, 0.3) is 5.69 Å². The van der Waals surface area contributed by atoms with Crippen LogP contribution in [0.2, 0.25) is 0 Å². The second-order valence-electron chi connectivity index (χ2n) is 3.32. The Kier molecular flexibility index (Phi) is 2.88. The summed E-state index contributed by atoms with van der Waals surface area (Å²) in [6.07, 6.45) is 3.82. The largest absolute Gasteiger partial charge is 0.495 e. The molecule has 0 aliphatic rings. The Morgan fingerprint density at radius 3 is 2.94 bits per heavy atom. The number of benzene rings is 1. The summed E-state index contributed by atoms with van der Waals surface area (Å²) in [5, 5.41) is 8.86. The minimum atomic E-state index is 0.355. The van der Waals surface area contributed by atoms with E-state index in [1.54, 1.807) is 29.0 Å². The van der Waals surface area contributed by atoms with Crippen molar-refractivity contribution in [1.29, 1.82) is 5.26 Å². The van der Waals surface area contributed by atoms with E-state index in [9.17, 15) is 4.79 Å². The molecule has 0 saturated carbocycles. The molecule has 0 atom stereocenters. The quantitative estimate of drug-likeness (QED) is 0.746. The van der Waals surface area contributed by atoms with Crippen LogP contribution >= 0.6 is 0 Å². The minimum absolute atomic E-state index is 0.355. The Morgan fingerprint density at radius 2 is 2.35 bits per heavy atom. The van der Waals surface area contributed by atoms with E-state index < -0.39 is 0 Å². The topological polar surface area (TPSA) is 67.9 Å². The summed E-state index contributed by atoms with van der Waals surface area (Å²) in [5.74, 6) is 0.492. The Hall–Kier alpha value is -2.61. The lowest BCUT2D eigenvalue weighted by atomic mass is 10.2. The first-order valence-electron chi connectivity index (χ1n) is 4.86. The fourth-order valence-corrected chi connectivity index (χ4v) is 1.47. The van der Waals surface area contributed by atoms with Crippen molar-refractivity contribution in [2.75, 3.05) is 7.11 Å². The van der Waals surface area contributed by atoms with Crippen molar-refractivity contribution in [3.63, 3.8) is 0 Å². The molecule has 5 nitrogen and oxygen atoms in total. The number of aldehydes is 1. The number of hydrogen-bond donors (Lipinski definition) is 0. The van der Waals surface area contributed by atoms with Crippen molar-refractivity contribution in [3.8, 4) is 17.5 Å². The normalized spacial score (nSPS) is 9.65. The summed E-state index contributed by atoms with van der Waals surface area (Å²) in [6.45, 7) is 0. The first-order chi connectivity index (χ1) is 8.28. The van der Waals surface area contributed by atoms with Crippen LogP contribution in [0.5, 0.6) is 5.75 Å². The molecule has 2 aromatic rings. The fourth-order valence-electron chi connectivity index (χ4n) is 1.47. The van der Waals surface area contributed by atoms with Crippen LogP contribution < -0.4 is 4.74 Å². The minimum Gasteiger partial charge on any atom is -0.495 e. The molecule has 0 unspecified atom stereocenters. The Bertz CT molecular complexity index is 596. The van der Waals surface area contributed by atoms with Crippen molar-refractivity contribution in [1.82, 2.24) is 9.55 Å². The third kappa shape index (κ3) is 2.01. The van der Waals surface area contributed by atoms with Crippen molar-refractivity contribution in [2.24, 2.45) is 0 Å². The van der Waals surface area contributed by atoms with Gasteiger partial charge in [-0.2, -0.15) is 5.26 Å². The first kappa shape index (κ1) is 10.9. The lowest BCUT2D eigenvalue weighted by Gasteiger charge is -2.06. The predicted octanol–water partition coefficient (Wildman–Crippen LogP) is 1.57. The zero-order valence-electron chi connectivity index (χ0n) is 9.12. The molecule has 2 rings (SSSR count). The molecule has 0 radical (unpaired) electrons. The lowest BCUT2D eigenvalue weighted by molar-refractivity contribution is 0.111. The van der Waals surface area contributed by atoms with Gasteiger partial charge >= 0.3 is 0 Å². The molecular formula is C12H9N3O2. The molecule has 0 fully saturated rings. The van der Waals surface area contributed by atoms with Gasteiger partial charge in [0.15, 0.2) is 6.29 Å². The van der Waals surface area contributed by atoms with Crippen LogP contribution in [0.15, 0.2) is 30.7 Å². The van der Waals surface area contributed by atoms with Crippen LogP contribution in [0.3, 0.4) is 0 Å². The van der Waals surface area contributed by atoms with E-state index in [0.29, 0.717) is 23.3 Å². The summed E-state index contributed by atoms with van der Waals surface area (Å²) < 4.78 is 6.79. The standard InChI is InChI=1S/C12H9N3O2/c1-17-12-4-11(3-2-9(12)5-13)15-6-10(7-16)14-8-15/h2-4,6-8H,1H3. The number of nitriles is 1. The zero-order chi connectivity index (χ0) is 12.3. The van der Waals surface area contributed by atoms with Crippen molar-refractivity contribution >= 4 is 6.29 Å². The molecule has 0 saturated heterocycles. The molecule has 0 aliphatic carbocycles. The summed E-state index contributed by atoms with van der Waals surface area (Å²) >= 11 is 0. The van der Waals surface area contributed by atoms with Gasteiger partial charge in [-0.15, -0.1) is 0 Å². The van der Waals surface area contributed by atoms with Gasteiger partial charge in [0.05, 0.1) is 18.4 Å². The van der Waals surface area contributed by atoms with Crippen LogP contribution in [0.1, 0.15) is 16.1 Å². The van der Waals surface area contributed by atoms with Crippen LogP contribution in [0, 0.1) is 11.3 Å². The number of carbonyl (C=O) groups excluding carboxylic acids is 1. The summed E-state index contributed by atoms with van der Waals surface area (Å²) in [4.78, 5) is 14.4. The SMILES string of the molecule is COc1cc(-n2cnc(C=O)c2)ccc1C#N. The van der Waals surface area contributed by atoms with Gasteiger partial charge in [-0.3, -0.25) is 4.79 Å². The number of ether oxygens (including phenoxy) is 1. The van der Waals surface area contributed by atoms with Gasteiger partial charge in [0.2, 0.25) is 0 Å². The van der Waals surface area contributed by atoms with Crippen molar-refractivity contribution in [2.45, 2.75) is 0 Å². The maximum absolute atomic E-state index is 10.5. The second-order valence-corrected chi connectivity index (χ2v) is 3.32. The molecule has 0 bridgehead atoms. The molecule has 0 amide bonds. The Labute approximate surface area is 97.9 Å². The monoisotopic (exact) mass is 227 g/mol. The van der Waals surface area contributed by atoms with Gasteiger partial charge in [0.1, 0.15) is 23.8 Å². The third-order valence-corrected chi connectivity index (χ3v) is 2.33. The van der Waals surface area contributed by atoms with E-state index in [1.807, 2.05) is 6.07 Å². The van der Waals surface area contributed by atoms with Gasteiger partial charge in [-0.1, -0.05) is 0 Å². The lowest BCUT2D eigenvalue weighted by Crippen LogP contribution is -1.94. The maximum Gasteiger partial charge on any atom is 0.170 e. The number of hydrogen-bond acceptors (Lipinski definition) is 4. The zero-order valence-corrected chi connectivity index (χ0v) is 9.12. The van der Waals surface area contributed by atoms with Gasteiger partial charge in [0.25, 0.3) is 0 Å². The van der Waals surface area contributed by atoms with Gasteiger partial charge < -0.3 is 9.30 Å². The maximum atomic E-state index is 10.5. The predicted molar refractivity (Wildman–Crippen MR) is 60.2 cm³/mol. The highest BCUT2D eigenvalue weighted by molar-refractivity contribution is 5.71. The van der Waals surface area contributed by atoms with Gasteiger partial charge in [-0.05, 0) is 12.1 Å². The summed E-state index contributed by atoms with van der Waals surface area (Å²) in [6, 6.07) is 7.18. The molecule has 84 valence electrons. The van der Waals surface area contributed by atoms with Gasteiger partial charge in [-0.25, -0.2) is 4.98 Å². The van der Waals surface area contributed by atoms with E-state index in [2.05, 4.69) is 4.98 Å². The highest BCUT2D eigenvalue weighted by atomic mass is 16.5. The number of methoxy groups -OCH3 is 1. The third-order valence-electron chi connectivity index (χ3n) is 2.33. The average Bonchev–Trinajstić information content (AvgIpc) is 2.86. The number of imidazole rings is 1. The van der Waals surface area contributed by atoms with E-state index in [4.69, 9.17) is 10.00 Å². The van der Waals surface area contributed by atoms with E-state index in [1.165, 1.54) is 13.4 Å². The molecule has 0 N–H and O–H groups in total. The van der Waals surface area contributed by atoms with E-state index >= 15 is 0 Å². The van der Waals surface area contributed by atoms with E-state index in [0.717, 1.165) is 5.69 Å². The smallest absolute Gasteiger partial charge is 0.170 e. The molecule has 1 aromatic carbocycles. The summed E-state index contributed by atoms with van der Waals surface area (Å²) in [5.41, 5.74) is 1.60. The van der Waals surface area contributed by atoms with Crippen LogP contribution in [0.4, 0.5) is 0 Å². The number of rotatable bonds is 3. The molecular weight excluding hydrogens is 218 g/mol. The number of nitrogens with zero attached hydrogens (tertiary/aromatic N) is 3. The molecule has 0 aliphatic heterocycles. The van der Waals surface area contributed by atoms with Crippen LogP contribution in [-0.2, 0) is 0 Å². The highest BCUT2D eigenvalue weighted by Crippen LogP contribution is 2.21. The van der Waals surface area contributed by atoms with Gasteiger partial charge in [0, 0.05) is 12.3 Å². The Balaban J connectivity index is 2.46. The number of aromatic nitrogens is 2. The number of carbonyl (C=O) groups is 1. The molecule has 5 heteroatoms. The summed E-state index contributed by atoms with van der Waals surface area (Å²) in [7, 11) is 1.50. The molecule has 17 heavy (non-hydrogen) atoms. The molecule has 0 spiro atoms. The van der Waals surface area contributed by atoms with Crippen LogP contribution in [-0.4, -0.2) is 22.9 Å². The Morgan fingerprint density at radius 1 is 1.53 bits per heavy atom. The molecule has 1 aromatic heterocycles. The average molecular weight is 227 g/mol. The van der Waals surface area contributed by atoms with Crippen molar-refractivity contribution < 1.29 is 9.53 Å². The fraction of sp³-hybridized carbons (Fsp3) is 0.0833. The van der Waals surface area contributed by atoms with Crippen molar-refractivity contribution in [3.05, 3.63) is 42.0 Å². The molecule has 1 heterocycles.